The predicted molar refractivity (Wildman–Crippen MR) is 102 cm³/mol. The van der Waals surface area contributed by atoms with Gasteiger partial charge in [-0.3, -0.25) is 4.79 Å². The number of fused-ring (bicyclic) bond motifs is 1. The molecular formula is C19H21Cl2N3O. The highest BCUT2D eigenvalue weighted by Gasteiger charge is 2.27. The van der Waals surface area contributed by atoms with Gasteiger partial charge in [0.15, 0.2) is 0 Å². The first kappa shape index (κ1) is 18.2. The Hall–Kier alpha value is -1.59. The van der Waals surface area contributed by atoms with Gasteiger partial charge in [-0.1, -0.05) is 47.5 Å². The van der Waals surface area contributed by atoms with E-state index in [1.54, 1.807) is 12.1 Å². The molecule has 1 aliphatic heterocycles. The van der Waals surface area contributed by atoms with Crippen LogP contribution < -0.4 is 11.1 Å². The lowest BCUT2D eigenvalue weighted by Crippen LogP contribution is -2.42. The number of nitrogens with two attached hydrogens (primary N) is 1. The molecule has 0 bridgehead atoms. The third kappa shape index (κ3) is 4.15. The summed E-state index contributed by atoms with van der Waals surface area (Å²) in [5.74, 6) is -0.0580. The van der Waals surface area contributed by atoms with Gasteiger partial charge in [-0.25, -0.2) is 0 Å². The van der Waals surface area contributed by atoms with E-state index in [1.165, 1.54) is 16.7 Å². The fourth-order valence-corrected chi connectivity index (χ4v) is 3.65. The average molecular weight is 378 g/mol. The summed E-state index contributed by atoms with van der Waals surface area (Å²) < 4.78 is 0. The zero-order valence-electron chi connectivity index (χ0n) is 14.1. The van der Waals surface area contributed by atoms with Crippen molar-refractivity contribution < 1.29 is 4.79 Å². The van der Waals surface area contributed by atoms with Crippen molar-refractivity contribution in [2.75, 3.05) is 7.05 Å². The van der Waals surface area contributed by atoms with Crippen LogP contribution in [-0.2, 0) is 30.8 Å². The second-order valence-electron chi connectivity index (χ2n) is 6.37. The molecule has 4 nitrogen and oxygen atoms in total. The molecule has 0 saturated heterocycles. The normalized spacial score (nSPS) is 14.5. The molecule has 0 saturated carbocycles. The number of benzene rings is 2. The molecule has 25 heavy (non-hydrogen) atoms. The Labute approximate surface area is 157 Å². The lowest BCUT2D eigenvalue weighted by molar-refractivity contribution is -0.133. The summed E-state index contributed by atoms with van der Waals surface area (Å²) in [5, 5.41) is 4.25. The van der Waals surface area contributed by atoms with Crippen LogP contribution in [-0.4, -0.2) is 23.9 Å². The third-order valence-corrected chi connectivity index (χ3v) is 5.04. The molecule has 0 aliphatic carbocycles. The Morgan fingerprint density at radius 1 is 1.20 bits per heavy atom. The van der Waals surface area contributed by atoms with Gasteiger partial charge < -0.3 is 16.0 Å². The van der Waals surface area contributed by atoms with Crippen molar-refractivity contribution in [1.82, 2.24) is 10.2 Å². The molecule has 0 unspecified atom stereocenters. The number of carbonyl (C=O) groups excluding carboxylic acids is 1. The Bertz CT molecular complexity index is 794. The summed E-state index contributed by atoms with van der Waals surface area (Å²) in [5.41, 5.74) is 10.6. The summed E-state index contributed by atoms with van der Waals surface area (Å²) in [6.07, 6.45) is 0.396. The number of rotatable bonds is 5. The molecular weight excluding hydrogens is 357 g/mol. The van der Waals surface area contributed by atoms with Crippen molar-refractivity contribution in [3.63, 3.8) is 0 Å². The highest BCUT2D eigenvalue weighted by Crippen LogP contribution is 2.26. The highest BCUT2D eigenvalue weighted by molar-refractivity contribution is 6.35. The van der Waals surface area contributed by atoms with Crippen LogP contribution in [0.3, 0.4) is 0 Å². The third-order valence-electron chi connectivity index (χ3n) is 4.46. The van der Waals surface area contributed by atoms with Crippen molar-refractivity contribution in [1.29, 1.82) is 0 Å². The van der Waals surface area contributed by atoms with Crippen LogP contribution in [0.1, 0.15) is 22.3 Å². The van der Waals surface area contributed by atoms with E-state index in [0.717, 1.165) is 12.1 Å². The van der Waals surface area contributed by atoms with E-state index in [9.17, 15) is 4.79 Å². The summed E-state index contributed by atoms with van der Waals surface area (Å²) >= 11 is 12.1. The SMILES string of the molecule is CNCc1ccc2c(c1)CN(C(=O)[C@H](N)Cc1ccc(Cl)cc1Cl)C2. The van der Waals surface area contributed by atoms with E-state index in [0.29, 0.717) is 29.6 Å². The van der Waals surface area contributed by atoms with Gasteiger partial charge in [-0.05, 0) is 47.9 Å². The summed E-state index contributed by atoms with van der Waals surface area (Å²) in [6, 6.07) is 11.0. The van der Waals surface area contributed by atoms with Gasteiger partial charge in [0, 0.05) is 29.7 Å². The van der Waals surface area contributed by atoms with Crippen molar-refractivity contribution in [3.05, 3.63) is 68.7 Å². The molecule has 0 spiro atoms. The summed E-state index contributed by atoms with van der Waals surface area (Å²) in [6.45, 7) is 2.03. The predicted octanol–water partition coefficient (Wildman–Crippen LogP) is 3.13. The molecule has 1 aliphatic rings. The van der Waals surface area contributed by atoms with Gasteiger partial charge in [-0.15, -0.1) is 0 Å². The quantitative estimate of drug-likeness (QED) is 0.841. The van der Waals surface area contributed by atoms with Crippen LogP contribution >= 0.6 is 23.2 Å². The monoisotopic (exact) mass is 377 g/mol. The zero-order chi connectivity index (χ0) is 18.0. The fraction of sp³-hybridized carbons (Fsp3) is 0.316. The van der Waals surface area contributed by atoms with Crippen LogP contribution in [0, 0.1) is 0 Å². The van der Waals surface area contributed by atoms with Crippen LogP contribution in [0.25, 0.3) is 0 Å². The van der Waals surface area contributed by atoms with Crippen LogP contribution in [0.4, 0.5) is 0 Å². The lowest BCUT2D eigenvalue weighted by atomic mass is 10.1. The molecule has 3 N–H and O–H groups in total. The van der Waals surface area contributed by atoms with Crippen molar-refractivity contribution >= 4 is 29.1 Å². The van der Waals surface area contributed by atoms with Crippen molar-refractivity contribution in [3.8, 4) is 0 Å². The fourth-order valence-electron chi connectivity index (χ4n) is 3.16. The zero-order valence-corrected chi connectivity index (χ0v) is 15.6. The Morgan fingerprint density at radius 2 is 1.96 bits per heavy atom. The van der Waals surface area contributed by atoms with Gasteiger partial charge in [0.1, 0.15) is 0 Å². The van der Waals surface area contributed by atoms with Crippen LogP contribution in [0.15, 0.2) is 36.4 Å². The lowest BCUT2D eigenvalue weighted by Gasteiger charge is -2.20. The molecule has 0 aromatic heterocycles. The van der Waals surface area contributed by atoms with E-state index in [4.69, 9.17) is 28.9 Å². The number of carbonyl (C=O) groups is 1. The van der Waals surface area contributed by atoms with E-state index >= 15 is 0 Å². The molecule has 132 valence electrons. The molecule has 2 aromatic carbocycles. The first-order valence-electron chi connectivity index (χ1n) is 8.21. The van der Waals surface area contributed by atoms with E-state index < -0.39 is 6.04 Å². The first-order valence-corrected chi connectivity index (χ1v) is 8.97. The van der Waals surface area contributed by atoms with Crippen molar-refractivity contribution in [2.24, 2.45) is 5.73 Å². The minimum absolute atomic E-state index is 0.0580. The molecule has 1 amide bonds. The largest absolute Gasteiger partial charge is 0.333 e. The van der Waals surface area contributed by atoms with Gasteiger partial charge in [0.05, 0.1) is 6.04 Å². The molecule has 0 radical (unpaired) electrons. The number of nitrogens with one attached hydrogen (secondary N) is 1. The van der Waals surface area contributed by atoms with Gasteiger partial charge >= 0.3 is 0 Å². The molecule has 1 atom stereocenters. The summed E-state index contributed by atoms with van der Waals surface area (Å²) in [7, 11) is 1.92. The molecule has 1 heterocycles. The maximum absolute atomic E-state index is 12.7. The van der Waals surface area contributed by atoms with Crippen LogP contribution in [0.2, 0.25) is 10.0 Å². The number of hydrogen-bond donors (Lipinski definition) is 2. The Kier molecular flexibility index (Phi) is 5.64. The number of halogens is 2. The molecule has 6 heteroatoms. The second kappa shape index (κ2) is 7.75. The number of nitrogens with zero attached hydrogens (tertiary/aromatic N) is 1. The highest BCUT2D eigenvalue weighted by atomic mass is 35.5. The average Bonchev–Trinajstić information content (AvgIpc) is 3.00. The first-order chi connectivity index (χ1) is 12.0. The Morgan fingerprint density at radius 3 is 2.68 bits per heavy atom. The maximum Gasteiger partial charge on any atom is 0.240 e. The molecule has 0 fully saturated rings. The van der Waals surface area contributed by atoms with E-state index in [1.807, 2.05) is 18.0 Å². The van der Waals surface area contributed by atoms with Gasteiger partial charge in [-0.2, -0.15) is 0 Å². The minimum atomic E-state index is -0.621. The second-order valence-corrected chi connectivity index (χ2v) is 7.22. The van der Waals surface area contributed by atoms with E-state index in [2.05, 4.69) is 23.5 Å². The molecule has 3 rings (SSSR count). The number of amides is 1. The minimum Gasteiger partial charge on any atom is -0.333 e. The standard InChI is InChI=1S/C19H21Cl2N3O/c1-23-9-12-2-3-14-10-24(11-15(14)6-12)19(25)18(22)7-13-4-5-16(20)8-17(13)21/h2-6,8,18,23H,7,9-11,22H2,1H3/t18-/m1/s1. The maximum atomic E-state index is 12.7. The topological polar surface area (TPSA) is 58.4 Å². The Balaban J connectivity index is 1.67. The number of hydrogen-bond acceptors (Lipinski definition) is 3. The van der Waals surface area contributed by atoms with E-state index in [-0.39, 0.29) is 5.91 Å². The van der Waals surface area contributed by atoms with Crippen molar-refractivity contribution in [2.45, 2.75) is 32.1 Å². The molecule has 2 aromatic rings. The van der Waals surface area contributed by atoms with Gasteiger partial charge in [0.25, 0.3) is 0 Å². The smallest absolute Gasteiger partial charge is 0.240 e. The van der Waals surface area contributed by atoms with Gasteiger partial charge in [0.2, 0.25) is 5.91 Å². The van der Waals surface area contributed by atoms with Crippen LogP contribution in [0.5, 0.6) is 0 Å². The summed E-state index contributed by atoms with van der Waals surface area (Å²) in [4.78, 5) is 14.5.